The first kappa shape index (κ1) is 18.9. The van der Waals surface area contributed by atoms with Crippen molar-refractivity contribution in [3.8, 4) is 0 Å². The third kappa shape index (κ3) is 2.93. The van der Waals surface area contributed by atoms with E-state index >= 15 is 0 Å². The summed E-state index contributed by atoms with van der Waals surface area (Å²) in [6.45, 7) is 9.87. The van der Waals surface area contributed by atoms with Crippen molar-refractivity contribution < 1.29 is 24.3 Å². The number of β-lactam (4-membered cyclic amide) rings is 1. The van der Waals surface area contributed by atoms with Gasteiger partial charge in [-0.25, -0.2) is 4.79 Å². The average molecular weight is 364 g/mol. The molecule has 26 heavy (non-hydrogen) atoms. The molecule has 0 aromatic carbocycles. The summed E-state index contributed by atoms with van der Waals surface area (Å²) < 4.78 is 0.752. The van der Waals surface area contributed by atoms with Crippen LogP contribution < -0.4 is 5.73 Å². The Hall–Kier alpha value is -1.86. The number of hydrogen-bond acceptors (Lipinski definition) is 4. The number of aliphatic hydroxyl groups is 1. The van der Waals surface area contributed by atoms with E-state index in [9.17, 15) is 19.8 Å². The van der Waals surface area contributed by atoms with Gasteiger partial charge < -0.3 is 25.3 Å². The fraction of sp³-hybridized carbons (Fsp3) is 0.684. The zero-order chi connectivity index (χ0) is 19.4. The Morgan fingerprint density at radius 2 is 2.15 bits per heavy atom. The zero-order valence-electron chi connectivity index (χ0n) is 15.8. The normalized spacial score (nSPS) is 37.5. The van der Waals surface area contributed by atoms with Gasteiger partial charge in [0.2, 0.25) is 5.91 Å². The molecule has 0 aromatic heterocycles. The summed E-state index contributed by atoms with van der Waals surface area (Å²) in [6, 6.07) is -0.239. The molecule has 3 heterocycles. The number of aliphatic carboxylic acids is 1. The van der Waals surface area contributed by atoms with E-state index in [-0.39, 0.29) is 23.6 Å². The molecule has 3 rings (SSSR count). The standard InChI is InChI=1S/C19H29N3O4/c1-10(20)7-13-5-6-22(4,8-13)9-14-11(2)16-15(12(3)23)18(24)21(16)17(14)19(25)26/h11-13,15-16,23H,1,5-9,20H2,2-4H3/p+1/t11-,12+,13+,15?,16?,22?/m0/s1. The van der Waals surface area contributed by atoms with Crippen LogP contribution in [0.5, 0.6) is 0 Å². The van der Waals surface area contributed by atoms with Gasteiger partial charge in [-0.1, -0.05) is 13.5 Å². The van der Waals surface area contributed by atoms with Gasteiger partial charge in [0.25, 0.3) is 0 Å². The first-order chi connectivity index (χ1) is 12.1. The predicted octanol–water partition coefficient (Wildman–Crippen LogP) is 0.512. The molecular formula is C19H30N3O4+. The summed E-state index contributed by atoms with van der Waals surface area (Å²) in [5, 5.41) is 19.7. The third-order valence-corrected chi connectivity index (χ3v) is 6.40. The molecule has 1 amide bonds. The lowest BCUT2D eigenvalue weighted by Crippen LogP contribution is -2.63. The molecule has 2 saturated heterocycles. The molecule has 7 nitrogen and oxygen atoms in total. The highest BCUT2D eigenvalue weighted by molar-refractivity contribution is 6.00. The second-order valence-electron chi connectivity index (χ2n) is 8.63. The lowest BCUT2D eigenvalue weighted by molar-refractivity contribution is -0.894. The molecule has 0 radical (unpaired) electrons. The Balaban J connectivity index is 1.84. The number of likely N-dealkylation sites (tertiary alicyclic amines) is 1. The molecule has 0 saturated carbocycles. The SMILES string of the molecule is C=C(N)C[C@H]1CC[N+](C)(CC2=C(C(=O)O)N3C(=O)C([C@@H](C)O)C3[C@H]2C)C1. The summed E-state index contributed by atoms with van der Waals surface area (Å²) in [6.07, 6.45) is 1.07. The monoisotopic (exact) mass is 364 g/mol. The Morgan fingerprint density at radius 1 is 1.50 bits per heavy atom. The Bertz CT molecular complexity index is 686. The fourth-order valence-electron chi connectivity index (χ4n) is 5.25. The van der Waals surface area contributed by atoms with Crippen molar-refractivity contribution in [1.29, 1.82) is 0 Å². The van der Waals surface area contributed by atoms with E-state index in [1.54, 1.807) is 6.92 Å². The number of carboxylic acids is 1. The summed E-state index contributed by atoms with van der Waals surface area (Å²) in [5.41, 5.74) is 7.41. The lowest BCUT2D eigenvalue weighted by atomic mass is 9.77. The minimum atomic E-state index is -1.05. The number of carbonyl (C=O) groups is 2. The van der Waals surface area contributed by atoms with Crippen LogP contribution in [-0.2, 0) is 9.59 Å². The van der Waals surface area contributed by atoms with Gasteiger partial charge in [-0.15, -0.1) is 0 Å². The van der Waals surface area contributed by atoms with Crippen molar-refractivity contribution >= 4 is 11.9 Å². The number of aliphatic hydroxyl groups excluding tert-OH is 1. The molecule has 144 valence electrons. The van der Waals surface area contributed by atoms with E-state index in [0.29, 0.717) is 18.2 Å². The van der Waals surface area contributed by atoms with E-state index in [2.05, 4.69) is 13.6 Å². The molecule has 3 aliphatic rings. The van der Waals surface area contributed by atoms with Gasteiger partial charge >= 0.3 is 5.97 Å². The molecule has 3 unspecified atom stereocenters. The number of allylic oxidation sites excluding steroid dienone is 1. The van der Waals surface area contributed by atoms with Crippen LogP contribution in [0.1, 0.15) is 26.7 Å². The largest absolute Gasteiger partial charge is 0.477 e. The number of nitrogens with two attached hydrogens (primary N) is 1. The van der Waals surface area contributed by atoms with Gasteiger partial charge in [0.05, 0.1) is 38.2 Å². The van der Waals surface area contributed by atoms with Crippen molar-refractivity contribution in [3.05, 3.63) is 23.5 Å². The minimum Gasteiger partial charge on any atom is -0.477 e. The van der Waals surface area contributed by atoms with Crippen molar-refractivity contribution in [3.63, 3.8) is 0 Å². The molecule has 0 bridgehead atoms. The number of nitrogens with zero attached hydrogens (tertiary/aromatic N) is 2. The fourth-order valence-corrected chi connectivity index (χ4v) is 5.25. The quantitative estimate of drug-likeness (QED) is 0.471. The summed E-state index contributed by atoms with van der Waals surface area (Å²) >= 11 is 0. The summed E-state index contributed by atoms with van der Waals surface area (Å²) in [5.74, 6) is -1.42. The average Bonchev–Trinajstić information content (AvgIpc) is 2.96. The number of fused-ring (bicyclic) bond motifs is 1. The van der Waals surface area contributed by atoms with Crippen molar-refractivity contribution in [2.45, 2.75) is 38.8 Å². The maximum atomic E-state index is 12.4. The van der Waals surface area contributed by atoms with Gasteiger partial charge in [0, 0.05) is 29.5 Å². The van der Waals surface area contributed by atoms with Gasteiger partial charge in [-0.3, -0.25) is 4.79 Å². The van der Waals surface area contributed by atoms with E-state index in [0.717, 1.165) is 36.0 Å². The predicted molar refractivity (Wildman–Crippen MR) is 96.5 cm³/mol. The highest BCUT2D eigenvalue weighted by Crippen LogP contribution is 2.48. The molecule has 0 aliphatic carbocycles. The number of rotatable bonds is 6. The highest BCUT2D eigenvalue weighted by atomic mass is 16.4. The smallest absolute Gasteiger partial charge is 0.352 e. The number of carboxylic acid groups (broad SMARTS) is 1. The lowest BCUT2D eigenvalue weighted by Gasteiger charge is -2.46. The van der Waals surface area contributed by atoms with Crippen LogP contribution in [-0.4, -0.2) is 70.3 Å². The number of hydrogen-bond donors (Lipinski definition) is 3. The Morgan fingerprint density at radius 3 is 2.69 bits per heavy atom. The molecule has 0 spiro atoms. The molecular weight excluding hydrogens is 334 g/mol. The third-order valence-electron chi connectivity index (χ3n) is 6.40. The highest BCUT2D eigenvalue weighted by Gasteiger charge is 2.60. The maximum Gasteiger partial charge on any atom is 0.352 e. The van der Waals surface area contributed by atoms with Crippen LogP contribution in [0.2, 0.25) is 0 Å². The second kappa shape index (κ2) is 6.39. The van der Waals surface area contributed by atoms with Crippen molar-refractivity contribution in [2.24, 2.45) is 23.5 Å². The molecule has 4 N–H and O–H groups in total. The van der Waals surface area contributed by atoms with Crippen LogP contribution in [0.4, 0.5) is 0 Å². The van der Waals surface area contributed by atoms with Crippen LogP contribution >= 0.6 is 0 Å². The summed E-state index contributed by atoms with van der Waals surface area (Å²) in [4.78, 5) is 25.7. The Labute approximate surface area is 154 Å². The Kier molecular flexibility index (Phi) is 4.65. The molecule has 6 atom stereocenters. The summed E-state index contributed by atoms with van der Waals surface area (Å²) in [7, 11) is 2.14. The second-order valence-corrected chi connectivity index (χ2v) is 8.63. The van der Waals surface area contributed by atoms with Gasteiger partial charge in [-0.2, -0.15) is 0 Å². The first-order valence-electron chi connectivity index (χ1n) is 9.30. The van der Waals surface area contributed by atoms with E-state index in [1.165, 1.54) is 4.90 Å². The number of carbonyl (C=O) groups excluding carboxylic acids is 1. The van der Waals surface area contributed by atoms with Crippen LogP contribution in [0.3, 0.4) is 0 Å². The minimum absolute atomic E-state index is 0.0585. The topological polar surface area (TPSA) is 104 Å². The van der Waals surface area contributed by atoms with Crippen LogP contribution in [0.25, 0.3) is 0 Å². The van der Waals surface area contributed by atoms with E-state index in [4.69, 9.17) is 5.73 Å². The number of likely N-dealkylation sites (N-methyl/N-ethyl adjacent to an activating group) is 1. The molecule has 2 fully saturated rings. The van der Waals surface area contributed by atoms with E-state index < -0.39 is 18.0 Å². The maximum absolute atomic E-state index is 12.4. The van der Waals surface area contributed by atoms with Gasteiger partial charge in [-0.05, 0) is 13.3 Å². The zero-order valence-corrected chi connectivity index (χ0v) is 15.8. The van der Waals surface area contributed by atoms with Gasteiger partial charge in [0.1, 0.15) is 12.2 Å². The van der Waals surface area contributed by atoms with E-state index in [1.807, 2.05) is 6.92 Å². The first-order valence-corrected chi connectivity index (χ1v) is 9.30. The molecule has 7 heteroatoms. The van der Waals surface area contributed by atoms with Crippen molar-refractivity contribution in [2.75, 3.05) is 26.7 Å². The molecule has 0 aromatic rings. The van der Waals surface area contributed by atoms with Gasteiger partial charge in [0.15, 0.2) is 0 Å². The number of amides is 1. The van der Waals surface area contributed by atoms with Crippen LogP contribution in [0.15, 0.2) is 23.5 Å². The molecule has 3 aliphatic heterocycles. The van der Waals surface area contributed by atoms with Crippen molar-refractivity contribution in [1.82, 2.24) is 4.90 Å². The van der Waals surface area contributed by atoms with Crippen LogP contribution in [0, 0.1) is 17.8 Å². The number of quaternary nitrogens is 1.